The van der Waals surface area contributed by atoms with Gasteiger partial charge in [0.25, 0.3) is 0 Å². The molecule has 0 amide bonds. The normalized spacial score (nSPS) is 11.1. The summed E-state index contributed by atoms with van der Waals surface area (Å²) < 4.78 is 236. The first kappa shape index (κ1) is 126. The van der Waals surface area contributed by atoms with Gasteiger partial charge in [-0.1, -0.05) is 122 Å². The first-order valence-electron chi connectivity index (χ1n) is 40.4. The summed E-state index contributed by atoms with van der Waals surface area (Å²) in [5.74, 6) is 5.71. The van der Waals surface area contributed by atoms with Gasteiger partial charge >= 0.3 is 59.3 Å². The van der Waals surface area contributed by atoms with Gasteiger partial charge < -0.3 is 23.7 Å². The third-order valence-electron chi connectivity index (χ3n) is 19.8. The molecule has 5 radical (unpaired) electrons. The summed E-state index contributed by atoms with van der Waals surface area (Å²) in [5.41, 5.74) is -0.880. The van der Waals surface area contributed by atoms with Crippen LogP contribution in [0.3, 0.4) is 0 Å². The van der Waals surface area contributed by atoms with Gasteiger partial charge in [-0.05, 0) is 160 Å². The Hall–Kier alpha value is -10.2. The number of alkyl halides is 15. The van der Waals surface area contributed by atoms with Crippen molar-refractivity contribution in [2.24, 2.45) is 35.2 Å². The predicted octanol–water partition coefficient (Wildman–Crippen LogP) is 18.1. The van der Waals surface area contributed by atoms with Crippen LogP contribution in [0.4, 0.5) is 65.9 Å². The van der Waals surface area contributed by atoms with Gasteiger partial charge in [-0.3, -0.25) is 0 Å². The maximum Gasteiger partial charge on any atom is 0.373 e. The van der Waals surface area contributed by atoms with Gasteiger partial charge in [0.15, 0.2) is 0 Å². The molecule has 5 heterocycles. The molecule has 759 valence electrons. The SMILES string of the molecule is C#Cc1cccc(-n2nnn(C)c2=O)c1COc1cc(Cl)[c-]cc1C(F)(F)F.C/C=C/c1cccc(-n2nnn(C)c2=O)c1COc1cc(Cl)[c-]cc1C(F)(F)F.C=C(C)c1cccc(-n2nnn(C)c2=O)c1COc1cc(Cl)[c-]cc1C(F)(F)F.C=Cc1cccc(-n2nnn(C)c2=O)c1COc1cc(Cl)[c-]cc1C(F)(F)F.CC#Cc1cccc(-n2nnn(C)c2=O)c1COc1cc(Cl)[c-]cc1C(F)(F)F.[Y].[Y].[Y].[Y].[Y]. The molecule has 0 atom stereocenters. The van der Waals surface area contributed by atoms with Gasteiger partial charge in [0.05, 0.1) is 28.4 Å². The van der Waals surface area contributed by atoms with Gasteiger partial charge in [-0.15, -0.1) is 101 Å². The summed E-state index contributed by atoms with van der Waals surface area (Å²) in [4.78, 5) is 61.1. The minimum atomic E-state index is -4.66. The molecule has 55 heteroatoms. The summed E-state index contributed by atoms with van der Waals surface area (Å²) >= 11 is 28.9. The van der Waals surface area contributed by atoms with Crippen molar-refractivity contribution < 1.29 is 253 Å². The Morgan fingerprint density at radius 1 is 0.372 bits per heavy atom. The number of allylic oxidation sites excluding steroid dienone is 2. The van der Waals surface area contributed by atoms with Crippen LogP contribution in [0.1, 0.15) is 104 Å². The number of tetrazole rings is 5. The van der Waals surface area contributed by atoms with E-state index in [1.54, 1.807) is 118 Å². The van der Waals surface area contributed by atoms with E-state index in [1.807, 2.05) is 0 Å². The molecule has 0 aliphatic rings. The molecule has 0 saturated carbocycles. The summed E-state index contributed by atoms with van der Waals surface area (Å²) in [6.07, 6.45) is -12.7. The van der Waals surface area contributed by atoms with E-state index in [9.17, 15) is 89.8 Å². The Balaban J connectivity index is 0.000000280. The zero-order chi connectivity index (χ0) is 105. The molecule has 0 N–H and O–H groups in total. The fourth-order valence-electron chi connectivity index (χ4n) is 13.0. The number of aryl methyl sites for hydroxylation is 5. The third kappa shape index (κ3) is 31.8. The second-order valence-corrected chi connectivity index (χ2v) is 31.4. The minimum Gasteiger partial charge on any atom is -0.514 e. The number of halogens is 20. The Morgan fingerprint density at radius 2 is 0.608 bits per heavy atom. The number of benzene rings is 10. The quantitative estimate of drug-likeness (QED) is 0.0326. The number of ether oxygens (including phenoxy) is 5. The summed E-state index contributed by atoms with van der Waals surface area (Å²) in [7, 11) is 7.14. The molecule has 15 rings (SSSR count). The first-order chi connectivity index (χ1) is 67.5. The molecule has 0 unspecified atom stereocenters. The molecule has 0 fully saturated rings. The van der Waals surface area contributed by atoms with Crippen LogP contribution in [0.2, 0.25) is 25.1 Å². The van der Waals surface area contributed by atoms with Crippen molar-refractivity contribution in [2.75, 3.05) is 0 Å². The van der Waals surface area contributed by atoms with E-state index >= 15 is 0 Å². The van der Waals surface area contributed by atoms with Crippen molar-refractivity contribution in [2.45, 2.75) is 84.7 Å². The molecule has 15 aromatic rings. The summed E-state index contributed by atoms with van der Waals surface area (Å²) in [5, 5.41) is 37.0. The van der Waals surface area contributed by atoms with E-state index in [0.717, 1.165) is 101 Å². The van der Waals surface area contributed by atoms with Crippen molar-refractivity contribution in [1.29, 1.82) is 0 Å². The zero-order valence-electron chi connectivity index (χ0n) is 77.7. The molecule has 0 aliphatic carbocycles. The molecular weight excluding hydrogens is 2460 g/mol. The van der Waals surface area contributed by atoms with Gasteiger partial charge in [0.2, 0.25) is 0 Å². The number of terminal acetylenes is 1. The number of hydrogen-bond donors (Lipinski definition) is 0. The van der Waals surface area contributed by atoms with E-state index in [0.29, 0.717) is 90.0 Å². The number of rotatable bonds is 23. The van der Waals surface area contributed by atoms with Crippen LogP contribution < -0.4 is 52.1 Å². The van der Waals surface area contributed by atoms with Crippen molar-refractivity contribution in [3.8, 4) is 81.4 Å². The Kier molecular flexibility index (Phi) is 47.2. The standard InChI is InChI=1S/2C19H15ClF3N4O2.C19H13ClF3N4O2.C18H13ClF3N4O2.C18H11ClF3N4O2.5Y/c1-11(2)13-5-4-6-16(27-18(28)26(3)24-25-27)14(13)10-29-17-9-12(20)7-8-15(17)19(21,22)23;2*1-3-5-12-6-4-7-16(27-18(28)26(2)24-25-27)14(12)11-29-17-10-13(20)8-9-15(17)19(21,22)23;2*1-3-11-5-4-6-15(26-17(27)25(2)23-24-26)13(11)10-28-16-9-12(19)7-8-14(16)18(20,21)22;;;;;/h4-6,8-9H,1,10H2,2-3H3;3-7,9-10H,11H2,1-2H3;4,6-7,9-10H,11H2,1-2H3;3-6,8-9H,1,10H2,2H3;1,4-6,8-9H,10H2,2H3;;;;;/q5*-1;;;;;/b;5-3+;;;;;;;;. The molecule has 0 spiro atoms. The van der Waals surface area contributed by atoms with Crippen LogP contribution in [0.5, 0.6) is 28.7 Å². The zero-order valence-corrected chi connectivity index (χ0v) is 95.6. The molecule has 5 aromatic heterocycles. The van der Waals surface area contributed by atoms with E-state index in [2.05, 4.69) is 113 Å². The number of aromatic nitrogens is 20. The topological polar surface area (TPSA) is 310 Å². The molecule has 148 heavy (non-hydrogen) atoms. The first-order valence-corrected chi connectivity index (χ1v) is 42.3. The van der Waals surface area contributed by atoms with Crippen LogP contribution in [-0.2, 0) is 263 Å². The number of nitrogens with zero attached hydrogens (tertiary/aromatic N) is 20. The van der Waals surface area contributed by atoms with Crippen molar-refractivity contribution in [3.63, 3.8) is 0 Å². The van der Waals surface area contributed by atoms with E-state index in [-0.39, 0.29) is 227 Å². The van der Waals surface area contributed by atoms with Crippen LogP contribution in [0, 0.1) is 54.5 Å². The van der Waals surface area contributed by atoms with Crippen LogP contribution in [-0.4, -0.2) is 99.0 Å². The van der Waals surface area contributed by atoms with E-state index < -0.39 is 116 Å². The monoisotopic (exact) mass is 2530 g/mol. The maximum absolute atomic E-state index is 13.3. The summed E-state index contributed by atoms with van der Waals surface area (Å²) in [6.45, 7) is 11.2. The summed E-state index contributed by atoms with van der Waals surface area (Å²) in [6, 6.07) is 44.9. The largest absolute Gasteiger partial charge is 0.514 e. The van der Waals surface area contributed by atoms with Crippen molar-refractivity contribution >= 4 is 75.7 Å². The second kappa shape index (κ2) is 55.2. The average molecular weight is 2530 g/mol. The average Bonchev–Trinajstić information content (AvgIpc) is 1.53. The van der Waals surface area contributed by atoms with Crippen molar-refractivity contribution in [1.82, 2.24) is 99.0 Å². The van der Waals surface area contributed by atoms with Gasteiger partial charge in [-0.25, -0.2) is 24.0 Å². The van der Waals surface area contributed by atoms with Gasteiger partial charge in [-0.2, -0.15) is 173 Å². The molecule has 0 bridgehead atoms. The Labute approximate surface area is 980 Å². The molecule has 30 nitrogen and oxygen atoms in total. The molecule has 10 aromatic carbocycles. The molecular formula is C93H67Cl5F15N20O10Y5-5. The maximum atomic E-state index is 13.3. The minimum absolute atomic E-state index is 0. The smallest absolute Gasteiger partial charge is 0.373 e. The van der Waals surface area contributed by atoms with Crippen molar-refractivity contribution in [3.05, 3.63) is 362 Å². The molecule has 0 saturated heterocycles. The second-order valence-electron chi connectivity index (χ2n) is 29.3. The fraction of sp³-hybridized carbons (Fsp3) is 0.194. The molecule has 0 aliphatic heterocycles. The van der Waals surface area contributed by atoms with E-state index in [4.69, 9.17) is 88.1 Å². The third-order valence-corrected chi connectivity index (χ3v) is 20.9. The Morgan fingerprint density at radius 3 is 0.858 bits per heavy atom. The van der Waals surface area contributed by atoms with E-state index in [1.165, 1.54) is 47.4 Å². The van der Waals surface area contributed by atoms with Gasteiger partial charge in [0, 0.05) is 266 Å². The van der Waals surface area contributed by atoms with Crippen LogP contribution >= 0.6 is 58.0 Å². The Bertz CT molecular complexity index is 7750. The number of hydrogen-bond acceptors (Lipinski definition) is 20. The van der Waals surface area contributed by atoms with Crippen LogP contribution in [0.15, 0.2) is 195 Å². The fourth-order valence-corrected chi connectivity index (χ4v) is 13.8. The van der Waals surface area contributed by atoms with Gasteiger partial charge in [0.1, 0.15) is 33.0 Å². The van der Waals surface area contributed by atoms with Crippen LogP contribution in [0.25, 0.3) is 46.2 Å². The predicted molar refractivity (Wildman–Crippen MR) is 491 cm³/mol.